The average Bonchev–Trinajstić information content (AvgIpc) is 3.27. The number of esters is 1. The largest absolute Gasteiger partial charge is 0.493 e. The van der Waals surface area contributed by atoms with Crippen LogP contribution in [0.5, 0.6) is 11.5 Å². The van der Waals surface area contributed by atoms with E-state index in [4.69, 9.17) is 18.6 Å². The van der Waals surface area contributed by atoms with Crippen molar-refractivity contribution in [3.05, 3.63) is 52.9 Å². The Balaban J connectivity index is 1.75. The van der Waals surface area contributed by atoms with Crippen LogP contribution in [-0.2, 0) is 11.3 Å². The van der Waals surface area contributed by atoms with E-state index in [2.05, 4.69) is 4.98 Å². The number of methoxy groups -OCH3 is 2. The van der Waals surface area contributed by atoms with Crippen LogP contribution in [0.3, 0.4) is 0 Å². The maximum absolute atomic E-state index is 12.0. The van der Waals surface area contributed by atoms with Crippen LogP contribution in [-0.4, -0.2) is 25.2 Å². The molecule has 25 heavy (non-hydrogen) atoms. The Morgan fingerprint density at radius 1 is 1.24 bits per heavy atom. The third kappa shape index (κ3) is 3.51. The van der Waals surface area contributed by atoms with E-state index in [0.717, 1.165) is 10.6 Å². The van der Waals surface area contributed by atoms with E-state index < -0.39 is 5.97 Å². The summed E-state index contributed by atoms with van der Waals surface area (Å²) in [5.41, 5.74) is 1.92. The minimum Gasteiger partial charge on any atom is -0.493 e. The summed E-state index contributed by atoms with van der Waals surface area (Å²) < 4.78 is 21.1. The number of nitrogens with zero attached hydrogens (tertiary/aromatic N) is 1. The third-order valence-corrected chi connectivity index (χ3v) is 4.54. The van der Waals surface area contributed by atoms with Gasteiger partial charge in [0.05, 0.1) is 31.7 Å². The van der Waals surface area contributed by atoms with Crippen molar-refractivity contribution in [2.75, 3.05) is 14.2 Å². The van der Waals surface area contributed by atoms with Gasteiger partial charge in [0.1, 0.15) is 22.9 Å². The summed E-state index contributed by atoms with van der Waals surface area (Å²) in [6, 6.07) is 7.20. The first-order valence-corrected chi connectivity index (χ1v) is 8.39. The highest BCUT2D eigenvalue weighted by Crippen LogP contribution is 2.39. The number of carbonyl (C=O) groups is 1. The lowest BCUT2D eigenvalue weighted by molar-refractivity contribution is 0.0466. The number of carbonyl (C=O) groups excluding carboxylic acids is 1. The first kappa shape index (κ1) is 17.0. The predicted octanol–water partition coefficient (Wildman–Crippen LogP) is 4.09. The van der Waals surface area contributed by atoms with Gasteiger partial charge >= 0.3 is 5.97 Å². The molecule has 0 saturated carbocycles. The molecule has 2 aromatic heterocycles. The molecule has 0 atom stereocenters. The molecular weight excluding hydrogens is 342 g/mol. The Bertz CT molecular complexity index is 883. The lowest BCUT2D eigenvalue weighted by Crippen LogP contribution is -2.05. The summed E-state index contributed by atoms with van der Waals surface area (Å²) >= 11 is 1.45. The number of ether oxygens (including phenoxy) is 3. The summed E-state index contributed by atoms with van der Waals surface area (Å²) in [7, 11) is 3.18. The van der Waals surface area contributed by atoms with Crippen LogP contribution in [0.1, 0.15) is 21.8 Å². The summed E-state index contributed by atoms with van der Waals surface area (Å²) in [5.74, 6) is 1.36. The van der Waals surface area contributed by atoms with E-state index in [1.807, 2.05) is 23.6 Å². The fourth-order valence-corrected chi connectivity index (χ4v) is 3.19. The average molecular weight is 359 g/mol. The Labute approximate surface area is 149 Å². The standard InChI is InChI=1S/C18H17NO5S/c1-11-13(7-8-23-11)18(20)24-9-12-10-25-17(19-12)14-5-4-6-15(21-2)16(14)22-3/h4-8,10H,9H2,1-3H3. The first-order valence-electron chi connectivity index (χ1n) is 7.51. The number of aryl methyl sites for hydroxylation is 1. The van der Waals surface area contributed by atoms with Gasteiger partial charge in [-0.3, -0.25) is 0 Å². The molecule has 0 spiro atoms. The number of para-hydroxylation sites is 1. The third-order valence-electron chi connectivity index (χ3n) is 3.61. The van der Waals surface area contributed by atoms with E-state index in [-0.39, 0.29) is 6.61 Å². The molecule has 0 unspecified atom stereocenters. The second-order valence-corrected chi connectivity index (χ2v) is 6.01. The van der Waals surface area contributed by atoms with Gasteiger partial charge in [-0.2, -0.15) is 0 Å². The highest BCUT2D eigenvalue weighted by Gasteiger charge is 2.16. The fourth-order valence-electron chi connectivity index (χ4n) is 2.37. The van der Waals surface area contributed by atoms with E-state index in [0.29, 0.717) is 28.5 Å². The highest BCUT2D eigenvalue weighted by atomic mass is 32.1. The zero-order chi connectivity index (χ0) is 17.8. The molecule has 0 saturated heterocycles. The SMILES string of the molecule is COc1cccc(-c2nc(COC(=O)c3ccoc3C)cs2)c1OC. The van der Waals surface area contributed by atoms with Crippen LogP contribution >= 0.6 is 11.3 Å². The van der Waals surface area contributed by atoms with Crippen molar-refractivity contribution >= 4 is 17.3 Å². The number of rotatable bonds is 6. The molecule has 1 aromatic carbocycles. The molecule has 130 valence electrons. The van der Waals surface area contributed by atoms with Crippen molar-refractivity contribution < 1.29 is 23.4 Å². The van der Waals surface area contributed by atoms with Gasteiger partial charge in [-0.05, 0) is 25.1 Å². The van der Waals surface area contributed by atoms with E-state index >= 15 is 0 Å². The lowest BCUT2D eigenvalue weighted by atomic mass is 10.2. The first-order chi connectivity index (χ1) is 12.1. The van der Waals surface area contributed by atoms with Crippen LogP contribution < -0.4 is 9.47 Å². The van der Waals surface area contributed by atoms with Crippen molar-refractivity contribution in [2.45, 2.75) is 13.5 Å². The van der Waals surface area contributed by atoms with Crippen LogP contribution in [0.25, 0.3) is 10.6 Å². The highest BCUT2D eigenvalue weighted by molar-refractivity contribution is 7.13. The smallest absolute Gasteiger partial charge is 0.342 e. The monoisotopic (exact) mass is 359 g/mol. The Hall–Kier alpha value is -2.80. The van der Waals surface area contributed by atoms with Gasteiger partial charge in [-0.15, -0.1) is 11.3 Å². The molecule has 7 heteroatoms. The van der Waals surface area contributed by atoms with Gasteiger partial charge in [0.2, 0.25) is 0 Å². The summed E-state index contributed by atoms with van der Waals surface area (Å²) in [6.07, 6.45) is 1.46. The second-order valence-electron chi connectivity index (χ2n) is 5.15. The molecule has 3 aromatic rings. The van der Waals surface area contributed by atoms with Gasteiger partial charge in [-0.25, -0.2) is 9.78 Å². The molecule has 0 aliphatic carbocycles. The number of aromatic nitrogens is 1. The van der Waals surface area contributed by atoms with Gasteiger partial charge in [0.15, 0.2) is 11.5 Å². The molecular formula is C18H17NO5S. The van der Waals surface area contributed by atoms with E-state index in [9.17, 15) is 4.79 Å². The van der Waals surface area contributed by atoms with Gasteiger partial charge in [0, 0.05) is 5.38 Å². The number of hydrogen-bond acceptors (Lipinski definition) is 7. The molecule has 3 rings (SSSR count). The van der Waals surface area contributed by atoms with Crippen molar-refractivity contribution in [2.24, 2.45) is 0 Å². The molecule has 0 aliphatic rings. The second kappa shape index (κ2) is 7.40. The van der Waals surface area contributed by atoms with Crippen molar-refractivity contribution in [3.8, 4) is 22.1 Å². The van der Waals surface area contributed by atoms with Crippen LogP contribution in [0, 0.1) is 6.92 Å². The number of hydrogen-bond donors (Lipinski definition) is 0. The lowest BCUT2D eigenvalue weighted by Gasteiger charge is -2.10. The summed E-state index contributed by atoms with van der Waals surface area (Å²) in [4.78, 5) is 16.5. The van der Waals surface area contributed by atoms with Crippen molar-refractivity contribution in [3.63, 3.8) is 0 Å². The molecule has 0 N–H and O–H groups in total. The quantitative estimate of drug-likeness (QED) is 0.618. The normalized spacial score (nSPS) is 10.5. The summed E-state index contributed by atoms with van der Waals surface area (Å²) in [6.45, 7) is 1.80. The number of furan rings is 1. The molecule has 2 heterocycles. The number of thiazole rings is 1. The van der Waals surface area contributed by atoms with E-state index in [1.54, 1.807) is 27.2 Å². The number of benzene rings is 1. The molecule has 0 fully saturated rings. The molecule has 6 nitrogen and oxygen atoms in total. The van der Waals surface area contributed by atoms with Gasteiger partial charge in [0.25, 0.3) is 0 Å². The minimum atomic E-state index is -0.431. The zero-order valence-corrected chi connectivity index (χ0v) is 14.9. The Morgan fingerprint density at radius 3 is 2.76 bits per heavy atom. The Morgan fingerprint density at radius 2 is 2.08 bits per heavy atom. The van der Waals surface area contributed by atoms with Crippen molar-refractivity contribution in [1.29, 1.82) is 0 Å². The van der Waals surface area contributed by atoms with Crippen molar-refractivity contribution in [1.82, 2.24) is 4.98 Å². The molecule has 0 bridgehead atoms. The Kier molecular flexibility index (Phi) is 5.04. The van der Waals surface area contributed by atoms with Crippen LogP contribution in [0.15, 0.2) is 40.3 Å². The maximum atomic E-state index is 12.0. The fraction of sp³-hybridized carbons (Fsp3) is 0.222. The topological polar surface area (TPSA) is 70.8 Å². The molecule has 0 radical (unpaired) electrons. The van der Waals surface area contributed by atoms with Gasteiger partial charge in [-0.1, -0.05) is 6.07 Å². The van der Waals surface area contributed by atoms with Crippen LogP contribution in [0.4, 0.5) is 0 Å². The predicted molar refractivity (Wildman–Crippen MR) is 93.2 cm³/mol. The summed E-state index contributed by atoms with van der Waals surface area (Å²) in [5, 5.41) is 2.62. The zero-order valence-electron chi connectivity index (χ0n) is 14.1. The maximum Gasteiger partial charge on any atom is 0.342 e. The molecule has 0 aliphatic heterocycles. The van der Waals surface area contributed by atoms with E-state index in [1.165, 1.54) is 17.6 Å². The van der Waals surface area contributed by atoms with Gasteiger partial charge < -0.3 is 18.6 Å². The van der Waals surface area contributed by atoms with Crippen LogP contribution in [0.2, 0.25) is 0 Å². The molecule has 0 amide bonds. The minimum absolute atomic E-state index is 0.0895.